The van der Waals surface area contributed by atoms with E-state index in [-0.39, 0.29) is 22.8 Å². The molecule has 0 aliphatic heterocycles. The van der Waals surface area contributed by atoms with Crippen LogP contribution < -0.4 is 14.4 Å². The van der Waals surface area contributed by atoms with Crippen LogP contribution in [0.25, 0.3) is 0 Å². The van der Waals surface area contributed by atoms with Crippen LogP contribution in [0.5, 0.6) is 5.75 Å². The summed E-state index contributed by atoms with van der Waals surface area (Å²) in [6.45, 7) is 0.225. The second kappa shape index (κ2) is 9.61. The Morgan fingerprint density at radius 2 is 1.74 bits per heavy atom. The molecule has 1 N–H and O–H groups in total. The number of hydrogen-bond donors (Lipinski definition) is 1. The van der Waals surface area contributed by atoms with E-state index in [0.717, 1.165) is 4.31 Å². The summed E-state index contributed by atoms with van der Waals surface area (Å²) < 4.78 is 46.0. The van der Waals surface area contributed by atoms with Gasteiger partial charge < -0.3 is 10.1 Å². The molecule has 3 rings (SSSR count). The predicted molar refractivity (Wildman–Crippen MR) is 117 cm³/mol. The second-order valence-electron chi connectivity index (χ2n) is 6.80. The van der Waals surface area contributed by atoms with E-state index < -0.39 is 15.9 Å². The molecule has 0 atom stereocenters. The lowest BCUT2D eigenvalue weighted by atomic mass is 10.1. The van der Waals surface area contributed by atoms with Gasteiger partial charge in [0.2, 0.25) is 0 Å². The van der Waals surface area contributed by atoms with Crippen LogP contribution >= 0.6 is 0 Å². The number of nitrogens with one attached hydrogen (secondary N) is 1. The van der Waals surface area contributed by atoms with Crippen molar-refractivity contribution in [2.45, 2.75) is 11.3 Å². The Morgan fingerprint density at radius 1 is 1.03 bits per heavy atom. The maximum Gasteiger partial charge on any atom is 0.264 e. The molecule has 3 aromatic rings. The van der Waals surface area contributed by atoms with E-state index >= 15 is 0 Å². The van der Waals surface area contributed by atoms with Crippen LogP contribution in [0.4, 0.5) is 10.1 Å². The average molecular weight is 443 g/mol. The number of ether oxygens (including phenoxy) is 1. The van der Waals surface area contributed by atoms with Gasteiger partial charge in [-0.2, -0.15) is 0 Å². The minimum atomic E-state index is -3.87. The third kappa shape index (κ3) is 5.21. The summed E-state index contributed by atoms with van der Waals surface area (Å²) in [7, 11) is -0.901. The zero-order valence-corrected chi connectivity index (χ0v) is 18.0. The lowest BCUT2D eigenvalue weighted by molar-refractivity contribution is 0.0954. The normalized spacial score (nSPS) is 11.1. The lowest BCUT2D eigenvalue weighted by Gasteiger charge is -2.20. The number of nitrogens with zero attached hydrogens (tertiary/aromatic N) is 1. The third-order valence-corrected chi connectivity index (χ3v) is 6.61. The van der Waals surface area contributed by atoms with Crippen molar-refractivity contribution in [1.29, 1.82) is 0 Å². The highest BCUT2D eigenvalue weighted by atomic mass is 32.2. The molecule has 0 bridgehead atoms. The molecule has 31 heavy (non-hydrogen) atoms. The molecular weight excluding hydrogens is 419 g/mol. The quantitative estimate of drug-likeness (QED) is 0.578. The molecule has 6 nitrogen and oxygen atoms in total. The monoisotopic (exact) mass is 442 g/mol. The smallest absolute Gasteiger partial charge is 0.264 e. The van der Waals surface area contributed by atoms with E-state index in [0.29, 0.717) is 23.4 Å². The Kier molecular flexibility index (Phi) is 6.91. The van der Waals surface area contributed by atoms with Gasteiger partial charge in [0.1, 0.15) is 11.6 Å². The lowest BCUT2D eigenvalue weighted by Crippen LogP contribution is -2.28. The zero-order valence-electron chi connectivity index (χ0n) is 17.2. The van der Waals surface area contributed by atoms with Crippen LogP contribution in [0.15, 0.2) is 77.7 Å². The number of halogens is 1. The summed E-state index contributed by atoms with van der Waals surface area (Å²) in [6, 6.07) is 18.8. The van der Waals surface area contributed by atoms with Gasteiger partial charge in [0.25, 0.3) is 15.9 Å². The van der Waals surface area contributed by atoms with Gasteiger partial charge in [0.05, 0.1) is 17.7 Å². The highest BCUT2D eigenvalue weighted by molar-refractivity contribution is 7.92. The van der Waals surface area contributed by atoms with Crippen LogP contribution in [0, 0.1) is 5.82 Å². The summed E-state index contributed by atoms with van der Waals surface area (Å²) in [4.78, 5) is 12.5. The van der Waals surface area contributed by atoms with Crippen molar-refractivity contribution in [2.24, 2.45) is 0 Å². The van der Waals surface area contributed by atoms with Crippen molar-refractivity contribution >= 4 is 21.6 Å². The van der Waals surface area contributed by atoms with E-state index in [1.807, 2.05) is 0 Å². The van der Waals surface area contributed by atoms with Gasteiger partial charge in [0.15, 0.2) is 0 Å². The molecule has 8 heteroatoms. The molecule has 0 aromatic heterocycles. The highest BCUT2D eigenvalue weighted by Crippen LogP contribution is 2.24. The van der Waals surface area contributed by atoms with Gasteiger partial charge in [-0.3, -0.25) is 9.10 Å². The molecular formula is C23H23FN2O4S. The SMILES string of the molecule is COc1ccc(N(C)S(=O)(=O)c2cccc(C(=O)NCCc3ccccc3F)c2)cc1. The van der Waals surface area contributed by atoms with Crippen LogP contribution in [-0.4, -0.2) is 35.0 Å². The number of anilines is 1. The maximum atomic E-state index is 13.7. The molecule has 0 saturated heterocycles. The minimum absolute atomic E-state index is 0.00688. The standard InChI is InChI=1S/C23H23FN2O4S/c1-26(19-10-12-20(30-2)13-11-19)31(28,29)21-8-5-7-18(16-21)23(27)25-15-14-17-6-3-4-9-22(17)24/h3-13,16H,14-15H2,1-2H3,(H,25,27). The summed E-state index contributed by atoms with van der Waals surface area (Å²) in [6.07, 6.45) is 0.330. The number of rotatable bonds is 8. The molecule has 3 aromatic carbocycles. The fourth-order valence-electron chi connectivity index (χ4n) is 3.00. The van der Waals surface area contributed by atoms with Crippen LogP contribution in [0.3, 0.4) is 0 Å². The van der Waals surface area contributed by atoms with Crippen molar-refractivity contribution in [3.63, 3.8) is 0 Å². The first-order valence-corrected chi connectivity index (χ1v) is 11.0. The van der Waals surface area contributed by atoms with Crippen molar-refractivity contribution in [3.05, 3.63) is 89.7 Å². The fourth-order valence-corrected chi connectivity index (χ4v) is 4.24. The first kappa shape index (κ1) is 22.3. The maximum absolute atomic E-state index is 13.7. The molecule has 0 unspecified atom stereocenters. The van der Waals surface area contributed by atoms with E-state index in [1.165, 1.54) is 44.5 Å². The highest BCUT2D eigenvalue weighted by Gasteiger charge is 2.22. The predicted octanol–water partition coefficient (Wildman–Crippen LogP) is 3.63. The summed E-state index contributed by atoms with van der Waals surface area (Å²) in [5, 5.41) is 2.70. The Bertz CT molecular complexity index is 1160. The Morgan fingerprint density at radius 3 is 2.42 bits per heavy atom. The molecule has 0 fully saturated rings. The molecule has 0 heterocycles. The van der Waals surface area contributed by atoms with Crippen molar-refractivity contribution in [1.82, 2.24) is 5.32 Å². The van der Waals surface area contributed by atoms with E-state index in [1.54, 1.807) is 42.5 Å². The molecule has 0 radical (unpaired) electrons. The van der Waals surface area contributed by atoms with Gasteiger partial charge in [0, 0.05) is 19.2 Å². The zero-order chi connectivity index (χ0) is 22.4. The fraction of sp³-hybridized carbons (Fsp3) is 0.174. The van der Waals surface area contributed by atoms with Gasteiger partial charge in [-0.05, 0) is 60.5 Å². The number of amides is 1. The topological polar surface area (TPSA) is 75.7 Å². The van der Waals surface area contributed by atoms with Crippen molar-refractivity contribution in [3.8, 4) is 5.75 Å². The number of hydrogen-bond acceptors (Lipinski definition) is 4. The van der Waals surface area contributed by atoms with E-state index in [4.69, 9.17) is 4.74 Å². The molecule has 0 saturated carbocycles. The Hall–Kier alpha value is -3.39. The second-order valence-corrected chi connectivity index (χ2v) is 8.76. The van der Waals surface area contributed by atoms with Gasteiger partial charge in [-0.1, -0.05) is 24.3 Å². The van der Waals surface area contributed by atoms with Gasteiger partial charge >= 0.3 is 0 Å². The molecule has 1 amide bonds. The largest absolute Gasteiger partial charge is 0.497 e. The number of benzene rings is 3. The number of carbonyl (C=O) groups excluding carboxylic acids is 1. The molecule has 0 aliphatic carbocycles. The number of sulfonamides is 1. The summed E-state index contributed by atoms with van der Waals surface area (Å²) >= 11 is 0. The first-order chi connectivity index (χ1) is 14.8. The number of carbonyl (C=O) groups is 1. The van der Waals surface area contributed by atoms with E-state index in [9.17, 15) is 17.6 Å². The minimum Gasteiger partial charge on any atom is -0.497 e. The molecule has 0 aliphatic rings. The van der Waals surface area contributed by atoms with Gasteiger partial charge in [-0.25, -0.2) is 12.8 Å². The van der Waals surface area contributed by atoms with E-state index in [2.05, 4.69) is 5.32 Å². The van der Waals surface area contributed by atoms with Crippen LogP contribution in [0.1, 0.15) is 15.9 Å². The third-order valence-electron chi connectivity index (χ3n) is 4.83. The van der Waals surface area contributed by atoms with Crippen molar-refractivity contribution in [2.75, 3.05) is 25.0 Å². The average Bonchev–Trinajstić information content (AvgIpc) is 2.80. The van der Waals surface area contributed by atoms with Crippen LogP contribution in [-0.2, 0) is 16.4 Å². The van der Waals surface area contributed by atoms with Crippen LogP contribution in [0.2, 0.25) is 0 Å². The number of methoxy groups -OCH3 is 1. The molecule has 162 valence electrons. The summed E-state index contributed by atoms with van der Waals surface area (Å²) in [5.41, 5.74) is 1.17. The Labute approximate surface area is 181 Å². The molecule has 0 spiro atoms. The van der Waals surface area contributed by atoms with Gasteiger partial charge in [-0.15, -0.1) is 0 Å². The Balaban J connectivity index is 1.71. The first-order valence-electron chi connectivity index (χ1n) is 9.57. The van der Waals surface area contributed by atoms with Crippen molar-refractivity contribution < 1.29 is 22.3 Å². The summed E-state index contributed by atoms with van der Waals surface area (Å²) in [5.74, 6) is -0.143.